The van der Waals surface area contributed by atoms with Crippen molar-refractivity contribution in [1.82, 2.24) is 4.90 Å². The van der Waals surface area contributed by atoms with Crippen molar-refractivity contribution < 1.29 is 14.5 Å². The van der Waals surface area contributed by atoms with Gasteiger partial charge in [-0.05, 0) is 42.7 Å². The summed E-state index contributed by atoms with van der Waals surface area (Å²) < 4.78 is 5.70. The maximum Gasteiger partial charge on any atom is 0.269 e. The van der Waals surface area contributed by atoms with Gasteiger partial charge in [0.2, 0.25) is 5.91 Å². The van der Waals surface area contributed by atoms with Gasteiger partial charge in [-0.1, -0.05) is 23.7 Å². The molecule has 1 aliphatic rings. The summed E-state index contributed by atoms with van der Waals surface area (Å²) in [6.45, 7) is 2.16. The lowest BCUT2D eigenvalue weighted by atomic mass is 9.94. The number of halogens is 1. The van der Waals surface area contributed by atoms with E-state index in [2.05, 4.69) is 0 Å². The van der Waals surface area contributed by atoms with Crippen molar-refractivity contribution >= 4 is 23.2 Å². The van der Waals surface area contributed by atoms with E-state index in [1.807, 2.05) is 19.1 Å². The van der Waals surface area contributed by atoms with Crippen LogP contribution in [0.3, 0.4) is 0 Å². The normalized spacial score (nSPS) is 17.0. The molecule has 136 valence electrons. The van der Waals surface area contributed by atoms with E-state index in [4.69, 9.17) is 16.3 Å². The van der Waals surface area contributed by atoms with Crippen LogP contribution in [0.2, 0.25) is 5.02 Å². The van der Waals surface area contributed by atoms with E-state index in [9.17, 15) is 14.9 Å². The maximum atomic E-state index is 12.9. The molecule has 26 heavy (non-hydrogen) atoms. The van der Waals surface area contributed by atoms with Crippen molar-refractivity contribution in [2.24, 2.45) is 5.92 Å². The SMILES string of the molecule is C[C@@H](c1cccc([N+](=O)[O-])c1)N(C)C(=O)[C@H]1COc2ccc(Cl)cc2C1. The molecule has 0 bridgehead atoms. The predicted molar refractivity (Wildman–Crippen MR) is 98.4 cm³/mol. The molecule has 0 unspecified atom stereocenters. The minimum Gasteiger partial charge on any atom is -0.492 e. The molecule has 0 saturated carbocycles. The lowest BCUT2D eigenvalue weighted by Gasteiger charge is -2.31. The van der Waals surface area contributed by atoms with Crippen LogP contribution >= 0.6 is 11.6 Å². The van der Waals surface area contributed by atoms with Crippen LogP contribution in [0.4, 0.5) is 5.69 Å². The molecule has 6 nitrogen and oxygen atoms in total. The zero-order valence-electron chi connectivity index (χ0n) is 14.5. The number of nitrogens with zero attached hydrogens (tertiary/aromatic N) is 2. The molecule has 0 saturated heterocycles. The Kier molecular flexibility index (Phi) is 5.13. The summed E-state index contributed by atoms with van der Waals surface area (Å²) in [6, 6.07) is 11.5. The average Bonchev–Trinajstić information content (AvgIpc) is 2.65. The Balaban J connectivity index is 1.75. The van der Waals surface area contributed by atoms with Crippen LogP contribution in [0.25, 0.3) is 0 Å². The van der Waals surface area contributed by atoms with Gasteiger partial charge in [-0.3, -0.25) is 14.9 Å². The first-order chi connectivity index (χ1) is 12.4. The Morgan fingerprint density at radius 1 is 1.35 bits per heavy atom. The molecule has 7 heteroatoms. The molecule has 1 amide bonds. The third-order valence-corrected chi connectivity index (χ3v) is 5.01. The number of rotatable bonds is 4. The van der Waals surface area contributed by atoms with E-state index in [0.29, 0.717) is 18.1 Å². The highest BCUT2D eigenvalue weighted by molar-refractivity contribution is 6.30. The summed E-state index contributed by atoms with van der Waals surface area (Å²) in [5.74, 6) is 0.384. The molecule has 1 aliphatic heterocycles. The first-order valence-electron chi connectivity index (χ1n) is 8.29. The highest BCUT2D eigenvalue weighted by Gasteiger charge is 2.30. The van der Waals surface area contributed by atoms with Crippen LogP contribution in [0.5, 0.6) is 5.75 Å². The van der Waals surface area contributed by atoms with Crippen LogP contribution < -0.4 is 4.74 Å². The highest BCUT2D eigenvalue weighted by atomic mass is 35.5. The number of nitro groups is 1. The van der Waals surface area contributed by atoms with Gasteiger partial charge in [0, 0.05) is 24.2 Å². The lowest BCUT2D eigenvalue weighted by Crippen LogP contribution is -2.39. The largest absolute Gasteiger partial charge is 0.492 e. The Hall–Kier alpha value is -2.60. The molecule has 2 aromatic carbocycles. The molecule has 2 atom stereocenters. The Bertz CT molecular complexity index is 855. The smallest absolute Gasteiger partial charge is 0.269 e. The number of hydrogen-bond acceptors (Lipinski definition) is 4. The number of non-ortho nitro benzene ring substituents is 1. The molecule has 0 radical (unpaired) electrons. The second-order valence-corrected chi connectivity index (χ2v) is 6.88. The summed E-state index contributed by atoms with van der Waals surface area (Å²) in [5, 5.41) is 11.6. The number of fused-ring (bicyclic) bond motifs is 1. The molecule has 2 aromatic rings. The van der Waals surface area contributed by atoms with Gasteiger partial charge < -0.3 is 9.64 Å². The number of benzene rings is 2. The van der Waals surface area contributed by atoms with Crippen molar-refractivity contribution in [3.63, 3.8) is 0 Å². The topological polar surface area (TPSA) is 72.7 Å². The van der Waals surface area contributed by atoms with Crippen LogP contribution in [-0.4, -0.2) is 29.4 Å². The average molecular weight is 375 g/mol. The molecular formula is C19H19ClN2O4. The first-order valence-corrected chi connectivity index (χ1v) is 8.67. The summed E-state index contributed by atoms with van der Waals surface area (Å²) in [4.78, 5) is 25.1. The number of carbonyl (C=O) groups is 1. The van der Waals surface area contributed by atoms with Gasteiger partial charge in [0.25, 0.3) is 5.69 Å². The summed E-state index contributed by atoms with van der Waals surface area (Å²) in [5.41, 5.74) is 1.65. The summed E-state index contributed by atoms with van der Waals surface area (Å²) >= 11 is 6.03. The number of nitro benzene ring substituents is 1. The standard InChI is InChI=1S/C19H19ClN2O4/c1-12(13-4-3-5-17(10-13)22(24)25)21(2)19(23)15-8-14-9-16(20)6-7-18(14)26-11-15/h3-7,9-10,12,15H,8,11H2,1-2H3/t12-,15+/m0/s1. The summed E-state index contributed by atoms with van der Waals surface area (Å²) in [6.07, 6.45) is 0.556. The van der Waals surface area contributed by atoms with Crippen molar-refractivity contribution in [3.05, 3.63) is 68.7 Å². The molecule has 0 N–H and O–H groups in total. The fourth-order valence-corrected chi connectivity index (χ4v) is 3.32. The second-order valence-electron chi connectivity index (χ2n) is 6.44. The van der Waals surface area contributed by atoms with Crippen molar-refractivity contribution in [2.75, 3.05) is 13.7 Å². The molecule has 0 aromatic heterocycles. The van der Waals surface area contributed by atoms with Gasteiger partial charge in [-0.25, -0.2) is 0 Å². The first kappa shape index (κ1) is 18.2. The van der Waals surface area contributed by atoms with E-state index in [1.165, 1.54) is 12.1 Å². The molecule has 0 fully saturated rings. The molecular weight excluding hydrogens is 356 g/mol. The van der Waals surface area contributed by atoms with E-state index < -0.39 is 4.92 Å². The van der Waals surface area contributed by atoms with Crippen molar-refractivity contribution in [1.29, 1.82) is 0 Å². The fourth-order valence-electron chi connectivity index (χ4n) is 3.12. The van der Waals surface area contributed by atoms with Gasteiger partial charge in [0.05, 0.1) is 16.9 Å². The Labute approximate surface area is 156 Å². The quantitative estimate of drug-likeness (QED) is 0.598. The van der Waals surface area contributed by atoms with Gasteiger partial charge in [0.1, 0.15) is 12.4 Å². The summed E-state index contributed by atoms with van der Waals surface area (Å²) in [7, 11) is 1.71. The molecule has 1 heterocycles. The number of ether oxygens (including phenoxy) is 1. The van der Waals surface area contributed by atoms with Crippen LogP contribution in [0.1, 0.15) is 24.1 Å². The van der Waals surface area contributed by atoms with E-state index in [1.54, 1.807) is 30.1 Å². The van der Waals surface area contributed by atoms with Gasteiger partial charge in [-0.2, -0.15) is 0 Å². The van der Waals surface area contributed by atoms with E-state index in [0.717, 1.165) is 16.9 Å². The molecule has 3 rings (SSSR count). The van der Waals surface area contributed by atoms with Gasteiger partial charge in [-0.15, -0.1) is 0 Å². The highest BCUT2D eigenvalue weighted by Crippen LogP contribution is 2.32. The minimum atomic E-state index is -0.437. The van der Waals surface area contributed by atoms with Gasteiger partial charge in [0.15, 0.2) is 0 Å². The number of amides is 1. The fraction of sp³-hybridized carbons (Fsp3) is 0.316. The third-order valence-electron chi connectivity index (χ3n) is 4.77. The Morgan fingerprint density at radius 3 is 2.85 bits per heavy atom. The van der Waals surface area contributed by atoms with Crippen LogP contribution in [0.15, 0.2) is 42.5 Å². The predicted octanol–water partition coefficient (Wildman–Crippen LogP) is 4.02. The van der Waals surface area contributed by atoms with Crippen LogP contribution in [0, 0.1) is 16.0 Å². The molecule has 0 aliphatic carbocycles. The minimum absolute atomic E-state index is 0.0137. The van der Waals surface area contributed by atoms with Crippen LogP contribution in [-0.2, 0) is 11.2 Å². The monoisotopic (exact) mass is 374 g/mol. The number of carbonyl (C=O) groups excluding carboxylic acids is 1. The second kappa shape index (κ2) is 7.33. The van der Waals surface area contributed by atoms with E-state index in [-0.39, 0.29) is 23.6 Å². The van der Waals surface area contributed by atoms with Gasteiger partial charge >= 0.3 is 0 Å². The molecule has 0 spiro atoms. The van der Waals surface area contributed by atoms with Crippen molar-refractivity contribution in [3.8, 4) is 5.75 Å². The number of hydrogen-bond donors (Lipinski definition) is 0. The van der Waals surface area contributed by atoms with E-state index >= 15 is 0 Å². The Morgan fingerprint density at radius 2 is 2.12 bits per heavy atom. The lowest BCUT2D eigenvalue weighted by molar-refractivity contribution is -0.384. The third kappa shape index (κ3) is 3.65. The zero-order chi connectivity index (χ0) is 18.8. The maximum absolute atomic E-state index is 12.9. The van der Waals surface area contributed by atoms with Crippen molar-refractivity contribution in [2.45, 2.75) is 19.4 Å². The zero-order valence-corrected chi connectivity index (χ0v) is 15.3.